The second kappa shape index (κ2) is 5.88. The van der Waals surface area contributed by atoms with Gasteiger partial charge in [0.1, 0.15) is 0 Å². The molecule has 1 aliphatic carbocycles. The third kappa shape index (κ3) is 5.17. The molecule has 1 aromatic carbocycles. The molecule has 0 aliphatic heterocycles. The number of benzene rings is 1. The summed E-state index contributed by atoms with van der Waals surface area (Å²) >= 11 is 0. The molecule has 19 heavy (non-hydrogen) atoms. The first-order valence-corrected chi connectivity index (χ1v) is 6.81. The van der Waals surface area contributed by atoms with E-state index in [1.165, 1.54) is 18.9 Å². The minimum Gasteiger partial charge on any atom is -0.490 e. The van der Waals surface area contributed by atoms with Crippen molar-refractivity contribution in [1.29, 1.82) is 0 Å². The van der Waals surface area contributed by atoms with Gasteiger partial charge in [-0.15, -0.1) is 0 Å². The van der Waals surface area contributed by atoms with E-state index < -0.39 is 5.60 Å². The normalized spacial score (nSPS) is 15.6. The van der Waals surface area contributed by atoms with Crippen LogP contribution < -0.4 is 10.1 Å². The average molecular weight is 267 g/mol. The summed E-state index contributed by atoms with van der Waals surface area (Å²) in [5.74, 6) is -0.0923. The molecule has 0 atom stereocenters. The molecule has 3 nitrogen and oxygen atoms in total. The van der Waals surface area contributed by atoms with Crippen LogP contribution in [0, 0.1) is 5.82 Å². The first kappa shape index (κ1) is 14.3. The molecule has 1 aromatic rings. The molecular weight excluding hydrogens is 245 g/mol. The van der Waals surface area contributed by atoms with Crippen molar-refractivity contribution in [3.63, 3.8) is 0 Å². The van der Waals surface area contributed by atoms with E-state index in [0.29, 0.717) is 25.6 Å². The van der Waals surface area contributed by atoms with Crippen molar-refractivity contribution >= 4 is 0 Å². The van der Waals surface area contributed by atoms with E-state index in [0.717, 1.165) is 5.56 Å². The Labute approximate surface area is 113 Å². The van der Waals surface area contributed by atoms with E-state index in [1.54, 1.807) is 19.9 Å². The quantitative estimate of drug-likeness (QED) is 0.798. The molecule has 0 spiro atoms. The molecule has 0 saturated heterocycles. The summed E-state index contributed by atoms with van der Waals surface area (Å²) in [7, 11) is 0. The van der Waals surface area contributed by atoms with Crippen LogP contribution in [0.15, 0.2) is 18.2 Å². The van der Waals surface area contributed by atoms with Crippen LogP contribution >= 0.6 is 0 Å². The van der Waals surface area contributed by atoms with Crippen molar-refractivity contribution in [1.82, 2.24) is 5.32 Å². The van der Waals surface area contributed by atoms with E-state index in [9.17, 15) is 9.50 Å². The predicted octanol–water partition coefficient (Wildman–Crippen LogP) is 2.62. The van der Waals surface area contributed by atoms with Gasteiger partial charge in [-0.1, -0.05) is 6.07 Å². The second-order valence-electron chi connectivity index (χ2n) is 5.83. The highest BCUT2D eigenvalue weighted by atomic mass is 19.1. The lowest BCUT2D eigenvalue weighted by Crippen LogP contribution is -2.22. The summed E-state index contributed by atoms with van der Waals surface area (Å²) in [5, 5.41) is 12.9. The summed E-state index contributed by atoms with van der Waals surface area (Å²) in [6.45, 7) is 4.42. The van der Waals surface area contributed by atoms with Crippen molar-refractivity contribution in [2.24, 2.45) is 0 Å². The molecule has 0 amide bonds. The highest BCUT2D eigenvalue weighted by Crippen LogP contribution is 2.22. The Kier molecular flexibility index (Phi) is 4.42. The summed E-state index contributed by atoms with van der Waals surface area (Å²) in [4.78, 5) is 0. The lowest BCUT2D eigenvalue weighted by Gasteiger charge is -2.17. The minimum atomic E-state index is -0.787. The van der Waals surface area contributed by atoms with E-state index in [1.807, 2.05) is 6.07 Å². The van der Waals surface area contributed by atoms with E-state index in [4.69, 9.17) is 4.74 Å². The molecule has 1 aliphatic rings. The standard InChI is InChI=1S/C15H22FNO2/c1-15(2,18)7-8-19-14-6-3-11(9-13(14)16)10-17-12-4-5-12/h3,6,9,12,17-18H,4-5,7-8,10H2,1-2H3. The number of halogens is 1. The van der Waals surface area contributed by atoms with Crippen LogP contribution in [0.2, 0.25) is 0 Å². The summed E-state index contributed by atoms with van der Waals surface area (Å²) < 4.78 is 19.1. The van der Waals surface area contributed by atoms with E-state index in [-0.39, 0.29) is 11.6 Å². The fraction of sp³-hybridized carbons (Fsp3) is 0.600. The lowest BCUT2D eigenvalue weighted by atomic mass is 10.1. The predicted molar refractivity (Wildman–Crippen MR) is 72.7 cm³/mol. The van der Waals surface area contributed by atoms with Crippen LogP contribution in [0.5, 0.6) is 5.75 Å². The zero-order chi connectivity index (χ0) is 13.9. The van der Waals surface area contributed by atoms with Crippen LogP contribution in [-0.4, -0.2) is 23.4 Å². The SMILES string of the molecule is CC(C)(O)CCOc1ccc(CNC2CC2)cc1F. The monoisotopic (exact) mass is 267 g/mol. The lowest BCUT2D eigenvalue weighted by molar-refractivity contribution is 0.0547. The molecule has 0 unspecified atom stereocenters. The van der Waals surface area contributed by atoms with Gasteiger partial charge in [0.25, 0.3) is 0 Å². The molecule has 1 saturated carbocycles. The van der Waals surface area contributed by atoms with Crippen molar-refractivity contribution in [2.45, 2.75) is 51.3 Å². The van der Waals surface area contributed by atoms with Crippen molar-refractivity contribution in [3.05, 3.63) is 29.6 Å². The van der Waals surface area contributed by atoms with E-state index >= 15 is 0 Å². The molecule has 0 bridgehead atoms. The maximum Gasteiger partial charge on any atom is 0.165 e. The summed E-state index contributed by atoms with van der Waals surface area (Å²) in [6.07, 6.45) is 2.92. The molecule has 0 heterocycles. The van der Waals surface area contributed by atoms with Crippen LogP contribution in [-0.2, 0) is 6.54 Å². The molecule has 0 aromatic heterocycles. The second-order valence-corrected chi connectivity index (χ2v) is 5.83. The zero-order valence-electron chi connectivity index (χ0n) is 11.6. The molecule has 1 fully saturated rings. The Hall–Kier alpha value is -1.13. The fourth-order valence-electron chi connectivity index (χ4n) is 1.73. The van der Waals surface area contributed by atoms with Gasteiger partial charge in [-0.25, -0.2) is 4.39 Å². The smallest absolute Gasteiger partial charge is 0.165 e. The third-order valence-electron chi connectivity index (χ3n) is 3.14. The van der Waals surface area contributed by atoms with Crippen LogP contribution in [0.25, 0.3) is 0 Å². The van der Waals surface area contributed by atoms with Crippen molar-refractivity contribution in [2.75, 3.05) is 6.61 Å². The van der Waals surface area contributed by atoms with Crippen LogP contribution in [0.3, 0.4) is 0 Å². The van der Waals surface area contributed by atoms with Gasteiger partial charge < -0.3 is 15.2 Å². The van der Waals surface area contributed by atoms with Crippen molar-refractivity contribution in [3.8, 4) is 5.75 Å². The molecular formula is C15H22FNO2. The highest BCUT2D eigenvalue weighted by molar-refractivity contribution is 5.29. The zero-order valence-corrected chi connectivity index (χ0v) is 11.6. The van der Waals surface area contributed by atoms with Gasteiger partial charge in [0, 0.05) is 19.0 Å². The summed E-state index contributed by atoms with van der Waals surface area (Å²) in [5.41, 5.74) is 0.143. The van der Waals surface area contributed by atoms with Gasteiger partial charge in [0.2, 0.25) is 0 Å². The molecule has 2 N–H and O–H groups in total. The number of rotatable bonds is 7. The minimum absolute atomic E-state index is 0.249. The Balaban J connectivity index is 1.83. The van der Waals surface area contributed by atoms with Crippen LogP contribution in [0.4, 0.5) is 4.39 Å². The Bertz CT molecular complexity index is 425. The molecule has 106 valence electrons. The molecule has 2 rings (SSSR count). The van der Waals surface area contributed by atoms with Gasteiger partial charge in [-0.05, 0) is 44.4 Å². The van der Waals surface area contributed by atoms with Gasteiger partial charge >= 0.3 is 0 Å². The first-order chi connectivity index (χ1) is 8.94. The average Bonchev–Trinajstić information content (AvgIpc) is 3.11. The van der Waals surface area contributed by atoms with E-state index in [2.05, 4.69) is 5.32 Å². The first-order valence-electron chi connectivity index (χ1n) is 6.81. The molecule has 0 radical (unpaired) electrons. The number of nitrogens with one attached hydrogen (secondary N) is 1. The Morgan fingerprint density at radius 2 is 2.16 bits per heavy atom. The highest BCUT2D eigenvalue weighted by Gasteiger charge is 2.20. The maximum absolute atomic E-state index is 13.8. The third-order valence-corrected chi connectivity index (χ3v) is 3.14. The Morgan fingerprint density at radius 3 is 2.74 bits per heavy atom. The van der Waals surface area contributed by atoms with Crippen molar-refractivity contribution < 1.29 is 14.2 Å². The summed E-state index contributed by atoms with van der Waals surface area (Å²) in [6, 6.07) is 5.65. The number of aliphatic hydroxyl groups is 1. The van der Waals surface area contributed by atoms with Gasteiger partial charge in [0.15, 0.2) is 11.6 Å². The number of hydrogen-bond donors (Lipinski definition) is 2. The largest absolute Gasteiger partial charge is 0.490 e. The Morgan fingerprint density at radius 1 is 1.42 bits per heavy atom. The number of hydrogen-bond acceptors (Lipinski definition) is 3. The maximum atomic E-state index is 13.8. The van der Waals surface area contributed by atoms with Crippen LogP contribution in [0.1, 0.15) is 38.7 Å². The topological polar surface area (TPSA) is 41.5 Å². The fourth-order valence-corrected chi connectivity index (χ4v) is 1.73. The molecule has 4 heteroatoms. The number of ether oxygens (including phenoxy) is 1. The van der Waals surface area contributed by atoms with Gasteiger partial charge in [-0.2, -0.15) is 0 Å². The van der Waals surface area contributed by atoms with Gasteiger partial charge in [0.05, 0.1) is 12.2 Å². The van der Waals surface area contributed by atoms with Gasteiger partial charge in [-0.3, -0.25) is 0 Å².